The summed E-state index contributed by atoms with van der Waals surface area (Å²) in [6.07, 6.45) is 1.98. The van der Waals surface area contributed by atoms with Crippen molar-refractivity contribution < 1.29 is 17.5 Å². The second kappa shape index (κ2) is 8.59. The maximum absolute atomic E-state index is 13.3. The maximum Gasteiger partial charge on any atom is 0.242 e. The highest BCUT2D eigenvalue weighted by molar-refractivity contribution is 7.89. The van der Waals surface area contributed by atoms with Crippen LogP contribution in [0, 0.1) is 17.7 Å². The fourth-order valence-corrected chi connectivity index (χ4v) is 4.29. The Labute approximate surface area is 180 Å². The van der Waals surface area contributed by atoms with Gasteiger partial charge < -0.3 is 4.74 Å². The monoisotopic (exact) mass is 440 g/mol. The van der Waals surface area contributed by atoms with Gasteiger partial charge in [-0.05, 0) is 55.2 Å². The molecule has 1 aliphatic heterocycles. The highest BCUT2D eigenvalue weighted by Crippen LogP contribution is 2.26. The van der Waals surface area contributed by atoms with Crippen molar-refractivity contribution in [3.8, 4) is 17.5 Å². The number of benzene rings is 1. The number of nitrogens with zero attached hydrogens (tertiary/aromatic N) is 3. The molecule has 0 unspecified atom stereocenters. The number of aromatic nitrogens is 3. The van der Waals surface area contributed by atoms with Gasteiger partial charge in [0.2, 0.25) is 10.0 Å². The molecule has 2 aromatic heterocycles. The normalized spacial score (nSPS) is 15.8. The van der Waals surface area contributed by atoms with Crippen LogP contribution in [-0.4, -0.2) is 35.8 Å². The summed E-state index contributed by atoms with van der Waals surface area (Å²) in [6.45, 7) is 4.38. The summed E-state index contributed by atoms with van der Waals surface area (Å²) in [5, 5.41) is 4.63. The van der Waals surface area contributed by atoms with E-state index < -0.39 is 10.0 Å². The molecule has 3 aromatic rings. The van der Waals surface area contributed by atoms with Gasteiger partial charge in [-0.25, -0.2) is 27.2 Å². The van der Waals surface area contributed by atoms with Crippen LogP contribution in [-0.2, 0) is 27.8 Å². The Morgan fingerprint density at radius 2 is 2.00 bits per heavy atom. The first kappa shape index (κ1) is 21.2. The molecule has 1 aromatic carbocycles. The van der Waals surface area contributed by atoms with Crippen molar-refractivity contribution in [2.45, 2.75) is 37.9 Å². The largest absolute Gasteiger partial charge is 0.373 e. The summed E-state index contributed by atoms with van der Waals surface area (Å²) in [6, 6.07) is 9.15. The van der Waals surface area contributed by atoms with Crippen molar-refractivity contribution in [1.82, 2.24) is 19.5 Å². The third-order valence-corrected chi connectivity index (χ3v) is 6.37. The van der Waals surface area contributed by atoms with Crippen molar-refractivity contribution in [1.29, 1.82) is 0 Å². The van der Waals surface area contributed by atoms with Gasteiger partial charge in [0.05, 0.1) is 24.1 Å². The molecular formula is C22H21FN4O3S. The zero-order chi connectivity index (χ0) is 22.0. The van der Waals surface area contributed by atoms with E-state index in [1.165, 1.54) is 24.4 Å². The summed E-state index contributed by atoms with van der Waals surface area (Å²) in [4.78, 5) is 4.22. The van der Waals surface area contributed by atoms with Gasteiger partial charge >= 0.3 is 0 Å². The van der Waals surface area contributed by atoms with Crippen LogP contribution in [0.4, 0.5) is 4.39 Å². The fraction of sp³-hybridized carbons (Fsp3) is 0.273. The van der Waals surface area contributed by atoms with Gasteiger partial charge in [-0.1, -0.05) is 6.92 Å². The first-order valence-electron chi connectivity index (χ1n) is 9.83. The standard InChI is InChI=1S/C22H21FN4O3S/c1-3-25-31(28,29)19-10-6-17(24-13-19)7-11-21-20-14-30-15(2)12-22(20)27(26-21)18-8-4-16(23)5-9-18/h4-6,8-10,13,15,25H,3,12,14H2,1-2H3/t15-/m0/s1. The molecule has 3 heterocycles. The molecule has 0 radical (unpaired) electrons. The first-order chi connectivity index (χ1) is 14.9. The van der Waals surface area contributed by atoms with Crippen molar-refractivity contribution in [3.63, 3.8) is 0 Å². The Morgan fingerprint density at radius 1 is 1.23 bits per heavy atom. The van der Waals surface area contributed by atoms with E-state index in [2.05, 4.69) is 26.6 Å². The van der Waals surface area contributed by atoms with E-state index in [0.717, 1.165) is 16.9 Å². The van der Waals surface area contributed by atoms with Gasteiger partial charge in [-0.2, -0.15) is 5.10 Å². The molecule has 0 fully saturated rings. The predicted molar refractivity (Wildman–Crippen MR) is 113 cm³/mol. The maximum atomic E-state index is 13.3. The predicted octanol–water partition coefficient (Wildman–Crippen LogP) is 2.57. The number of halogens is 1. The molecular weight excluding hydrogens is 419 g/mol. The number of hydrogen-bond donors (Lipinski definition) is 1. The average Bonchev–Trinajstić information content (AvgIpc) is 3.11. The molecule has 1 atom stereocenters. The molecule has 1 N–H and O–H groups in total. The topological polar surface area (TPSA) is 86.1 Å². The van der Waals surface area contributed by atoms with E-state index in [1.54, 1.807) is 29.8 Å². The molecule has 0 spiro atoms. The summed E-state index contributed by atoms with van der Waals surface area (Å²) in [5.41, 5.74) is 3.59. The Kier molecular flexibility index (Phi) is 5.87. The quantitative estimate of drug-likeness (QED) is 0.631. The van der Waals surface area contributed by atoms with Crippen molar-refractivity contribution >= 4 is 10.0 Å². The van der Waals surface area contributed by atoms with Crippen molar-refractivity contribution in [2.24, 2.45) is 0 Å². The highest BCUT2D eigenvalue weighted by atomic mass is 32.2. The Bertz CT molecular complexity index is 1260. The van der Waals surface area contributed by atoms with E-state index >= 15 is 0 Å². The van der Waals surface area contributed by atoms with Crippen LogP contribution < -0.4 is 4.72 Å². The molecule has 7 nitrogen and oxygen atoms in total. The van der Waals surface area contributed by atoms with E-state index in [9.17, 15) is 12.8 Å². The van der Waals surface area contributed by atoms with E-state index in [0.29, 0.717) is 31.0 Å². The van der Waals surface area contributed by atoms with Crippen LogP contribution in [0.1, 0.15) is 36.5 Å². The van der Waals surface area contributed by atoms with E-state index in [4.69, 9.17) is 4.74 Å². The van der Waals surface area contributed by atoms with E-state index in [1.807, 2.05) is 6.92 Å². The number of nitrogens with one attached hydrogen (secondary N) is 1. The van der Waals surface area contributed by atoms with E-state index in [-0.39, 0.29) is 16.8 Å². The third kappa shape index (κ3) is 4.51. The lowest BCUT2D eigenvalue weighted by atomic mass is 10.1. The minimum atomic E-state index is -3.56. The average molecular weight is 441 g/mol. The second-order valence-corrected chi connectivity index (χ2v) is 8.89. The molecule has 9 heteroatoms. The van der Waals surface area contributed by atoms with Crippen LogP contribution in [0.5, 0.6) is 0 Å². The number of rotatable bonds is 4. The number of pyridine rings is 1. The minimum Gasteiger partial charge on any atom is -0.373 e. The van der Waals surface area contributed by atoms with Gasteiger partial charge in [-0.15, -0.1) is 0 Å². The molecule has 0 aliphatic carbocycles. The number of ether oxygens (including phenoxy) is 1. The molecule has 0 amide bonds. The zero-order valence-corrected chi connectivity index (χ0v) is 17.9. The number of hydrogen-bond acceptors (Lipinski definition) is 5. The lowest BCUT2D eigenvalue weighted by Crippen LogP contribution is -2.23. The van der Waals surface area contributed by atoms with Crippen LogP contribution in [0.25, 0.3) is 5.69 Å². The third-order valence-electron chi connectivity index (χ3n) is 4.84. The fourth-order valence-electron chi connectivity index (χ4n) is 3.31. The van der Waals surface area contributed by atoms with Crippen molar-refractivity contribution in [2.75, 3.05) is 6.54 Å². The van der Waals surface area contributed by atoms with Crippen LogP contribution >= 0.6 is 0 Å². The van der Waals surface area contributed by atoms with Crippen molar-refractivity contribution in [3.05, 3.63) is 71.1 Å². The molecule has 0 saturated heterocycles. The summed E-state index contributed by atoms with van der Waals surface area (Å²) in [7, 11) is -3.56. The second-order valence-electron chi connectivity index (χ2n) is 7.12. The number of sulfonamides is 1. The Hall–Kier alpha value is -3.06. The first-order valence-corrected chi connectivity index (χ1v) is 11.3. The SMILES string of the molecule is CCNS(=O)(=O)c1ccc(C#Cc2nn(-c3ccc(F)cc3)c3c2CO[C@@H](C)C3)nc1. The van der Waals surface area contributed by atoms with Gasteiger partial charge in [0.1, 0.15) is 22.1 Å². The Balaban J connectivity index is 1.68. The van der Waals surface area contributed by atoms with Crippen LogP contribution in [0.2, 0.25) is 0 Å². The summed E-state index contributed by atoms with van der Waals surface area (Å²) < 4.78 is 47.4. The zero-order valence-electron chi connectivity index (χ0n) is 17.1. The molecule has 4 rings (SSSR count). The Morgan fingerprint density at radius 3 is 2.68 bits per heavy atom. The molecule has 0 bridgehead atoms. The lowest BCUT2D eigenvalue weighted by Gasteiger charge is -2.20. The molecule has 31 heavy (non-hydrogen) atoms. The van der Waals surface area contributed by atoms with Gasteiger partial charge in [0.15, 0.2) is 0 Å². The summed E-state index contributed by atoms with van der Waals surface area (Å²) >= 11 is 0. The van der Waals surface area contributed by atoms with Crippen LogP contribution in [0.3, 0.4) is 0 Å². The molecule has 1 aliphatic rings. The molecule has 160 valence electrons. The summed E-state index contributed by atoms with van der Waals surface area (Å²) in [5.74, 6) is 5.65. The molecule has 0 saturated carbocycles. The van der Waals surface area contributed by atoms with Gasteiger partial charge in [0, 0.05) is 24.7 Å². The highest BCUT2D eigenvalue weighted by Gasteiger charge is 2.25. The smallest absolute Gasteiger partial charge is 0.242 e. The van der Waals surface area contributed by atoms with Gasteiger partial charge in [-0.3, -0.25) is 0 Å². The minimum absolute atomic E-state index is 0.0390. The lowest BCUT2D eigenvalue weighted by molar-refractivity contribution is 0.0397. The van der Waals surface area contributed by atoms with Crippen LogP contribution in [0.15, 0.2) is 47.5 Å². The van der Waals surface area contributed by atoms with Gasteiger partial charge in [0.25, 0.3) is 0 Å². The number of fused-ring (bicyclic) bond motifs is 1.